The van der Waals surface area contributed by atoms with Gasteiger partial charge >= 0.3 is 24.0 Å². The molecule has 0 radical (unpaired) electrons. The molecule has 1 aromatic carbocycles. The second-order valence-corrected chi connectivity index (χ2v) is 11.8. The monoisotopic (exact) mass is 784 g/mol. The molecule has 0 aliphatic carbocycles. The number of hydrogen-bond acceptors (Lipinski definition) is 16. The van der Waals surface area contributed by atoms with Crippen LogP contribution in [0, 0.1) is 0 Å². The van der Waals surface area contributed by atoms with E-state index in [1.165, 1.54) is 13.8 Å². The number of nitrogens with one attached hydrogen (secondary N) is 4. The molecule has 20 nitrogen and oxygen atoms in total. The molecule has 5 atom stereocenters. The molecule has 4 amide bonds. The molecule has 1 fully saturated rings. The summed E-state index contributed by atoms with van der Waals surface area (Å²) in [6.07, 6.45) is -5.35. The average Bonchev–Trinajstić information content (AvgIpc) is 3.13. The third kappa shape index (κ3) is 21.0. The largest absolute Gasteiger partial charge is 0.463 e. The molecule has 2 rings (SSSR count). The van der Waals surface area contributed by atoms with Crippen LogP contribution in [0.5, 0.6) is 0 Å². The Labute approximate surface area is 318 Å². The summed E-state index contributed by atoms with van der Waals surface area (Å²) in [6.45, 7) is 5.67. The number of rotatable bonds is 25. The summed E-state index contributed by atoms with van der Waals surface area (Å²) in [4.78, 5) is 82.9. The van der Waals surface area contributed by atoms with Crippen molar-refractivity contribution in [3.63, 3.8) is 0 Å². The van der Waals surface area contributed by atoms with Crippen LogP contribution in [-0.4, -0.2) is 145 Å². The first kappa shape index (κ1) is 46.3. The third-order valence-electron chi connectivity index (χ3n) is 7.17. The lowest BCUT2D eigenvalue weighted by atomic mass is 9.96. The van der Waals surface area contributed by atoms with Gasteiger partial charge in [-0.1, -0.05) is 30.3 Å². The minimum Gasteiger partial charge on any atom is -0.463 e. The van der Waals surface area contributed by atoms with Crippen molar-refractivity contribution in [3.8, 4) is 0 Å². The third-order valence-corrected chi connectivity index (χ3v) is 7.17. The minimum atomic E-state index is -1.23. The fourth-order valence-corrected chi connectivity index (χ4v) is 4.85. The van der Waals surface area contributed by atoms with Crippen LogP contribution in [0.25, 0.3) is 0 Å². The highest BCUT2D eigenvalue weighted by Gasteiger charge is 2.51. The topological polar surface area (TPSA) is 251 Å². The zero-order valence-electron chi connectivity index (χ0n) is 31.5. The van der Waals surface area contributed by atoms with E-state index in [1.54, 1.807) is 0 Å². The van der Waals surface area contributed by atoms with Crippen molar-refractivity contribution < 1.29 is 76.2 Å². The van der Waals surface area contributed by atoms with Crippen LogP contribution < -0.4 is 21.3 Å². The van der Waals surface area contributed by atoms with Gasteiger partial charge in [-0.05, 0) is 5.56 Å². The lowest BCUT2D eigenvalue weighted by Crippen LogP contribution is -2.66. The van der Waals surface area contributed by atoms with E-state index in [0.717, 1.165) is 19.4 Å². The maximum Gasteiger partial charge on any atom is 0.407 e. The molecule has 0 spiro atoms. The highest BCUT2D eigenvalue weighted by Crippen LogP contribution is 2.28. The summed E-state index contributed by atoms with van der Waals surface area (Å²) in [5, 5.41) is 10.3. The summed E-state index contributed by atoms with van der Waals surface area (Å²) in [5.74, 6) is -3.21. The Morgan fingerprint density at radius 3 is 1.89 bits per heavy atom. The highest BCUT2D eigenvalue weighted by molar-refractivity contribution is 5.82. The van der Waals surface area contributed by atoms with Crippen molar-refractivity contribution in [2.45, 2.75) is 71.4 Å². The lowest BCUT2D eigenvalue weighted by Gasteiger charge is -2.44. The van der Waals surface area contributed by atoms with Gasteiger partial charge in [0, 0.05) is 47.2 Å². The Hall–Kier alpha value is -4.89. The summed E-state index contributed by atoms with van der Waals surface area (Å²) in [7, 11) is 0. The van der Waals surface area contributed by atoms with Gasteiger partial charge < -0.3 is 63.9 Å². The highest BCUT2D eigenvalue weighted by atomic mass is 16.7. The Morgan fingerprint density at radius 2 is 1.25 bits per heavy atom. The van der Waals surface area contributed by atoms with Crippen LogP contribution in [0.15, 0.2) is 30.3 Å². The Kier molecular flexibility index (Phi) is 22.6. The standard InChI is InChI=1S/C35H52N4O16/c1-23(40)39-31-33(54-26(4)43)32(53-25(3)42)28(22-51-24(2)41)55-34(31)50-19-18-49-17-16-48-15-11-36-29(44)10-13-47-14-12-37-30(45)20-38-35(46)52-21-27-8-6-5-7-9-27/h5-9,28,31-34H,10-22H2,1-4H3,(H,36,44)(H,37,45)(H,38,46)(H,39,40)/t28?,31?,32?,33-,34-/m1/s1. The molecule has 1 aliphatic rings. The Balaban J connectivity index is 1.56. The van der Waals surface area contributed by atoms with E-state index in [-0.39, 0.29) is 91.4 Å². The number of hydrogen-bond donors (Lipinski definition) is 4. The van der Waals surface area contributed by atoms with E-state index >= 15 is 0 Å². The predicted octanol–water partition coefficient (Wildman–Crippen LogP) is -0.742. The second kappa shape index (κ2) is 26.8. The second-order valence-electron chi connectivity index (χ2n) is 11.8. The summed E-state index contributed by atoms with van der Waals surface area (Å²) < 4.78 is 48.9. The van der Waals surface area contributed by atoms with Crippen molar-refractivity contribution in [1.82, 2.24) is 21.3 Å². The minimum absolute atomic E-state index is 0.0280. The molecule has 308 valence electrons. The molecule has 4 N–H and O–H groups in total. The quantitative estimate of drug-likeness (QED) is 0.0541. The first-order chi connectivity index (χ1) is 26.3. The molecule has 0 saturated carbocycles. The van der Waals surface area contributed by atoms with Gasteiger partial charge in [0.1, 0.15) is 25.4 Å². The maximum atomic E-state index is 12.0. The Bertz CT molecular complexity index is 1370. The number of ether oxygens (including phenoxy) is 9. The zero-order chi connectivity index (χ0) is 40.4. The van der Waals surface area contributed by atoms with Crippen LogP contribution in [0.3, 0.4) is 0 Å². The molecule has 0 aromatic heterocycles. The molecular formula is C35H52N4O16. The van der Waals surface area contributed by atoms with Crippen molar-refractivity contribution in [3.05, 3.63) is 35.9 Å². The molecule has 1 saturated heterocycles. The SMILES string of the molecule is CC(=O)NC1[C@H](OCCOCCOCCNC(=O)CCOCCNC(=O)CNC(=O)OCc2ccccc2)OC(COC(C)=O)C(OC(C)=O)[C@@H]1OC(C)=O. The average molecular weight is 785 g/mol. The van der Waals surface area contributed by atoms with Gasteiger partial charge in [-0.25, -0.2) is 4.79 Å². The molecule has 0 bridgehead atoms. The van der Waals surface area contributed by atoms with Crippen molar-refractivity contribution in [2.24, 2.45) is 0 Å². The van der Waals surface area contributed by atoms with Crippen molar-refractivity contribution in [1.29, 1.82) is 0 Å². The van der Waals surface area contributed by atoms with E-state index < -0.39 is 66.5 Å². The number of esters is 3. The van der Waals surface area contributed by atoms with Gasteiger partial charge in [0.25, 0.3) is 0 Å². The molecular weight excluding hydrogens is 732 g/mol. The number of carbonyl (C=O) groups is 7. The fraction of sp³-hybridized carbons (Fsp3) is 0.629. The fourth-order valence-electron chi connectivity index (χ4n) is 4.85. The molecule has 1 heterocycles. The smallest absolute Gasteiger partial charge is 0.407 e. The molecule has 55 heavy (non-hydrogen) atoms. The van der Waals surface area contributed by atoms with Gasteiger partial charge in [-0.2, -0.15) is 0 Å². The normalized spacial score (nSPS) is 18.9. The summed E-state index contributed by atoms with van der Waals surface area (Å²) in [6, 6.07) is 8.04. The van der Waals surface area contributed by atoms with Gasteiger partial charge in [-0.15, -0.1) is 0 Å². The molecule has 20 heteroatoms. The summed E-state index contributed by atoms with van der Waals surface area (Å²) in [5.41, 5.74) is 0.825. The van der Waals surface area contributed by atoms with Crippen LogP contribution in [-0.2, 0) is 78.0 Å². The van der Waals surface area contributed by atoms with E-state index in [1.807, 2.05) is 30.3 Å². The number of carbonyl (C=O) groups excluding carboxylic acids is 7. The first-order valence-corrected chi connectivity index (χ1v) is 17.6. The molecule has 3 unspecified atom stereocenters. The van der Waals surface area contributed by atoms with Crippen LogP contribution >= 0.6 is 0 Å². The molecule has 1 aromatic rings. The van der Waals surface area contributed by atoms with Gasteiger partial charge in [-0.3, -0.25) is 28.8 Å². The van der Waals surface area contributed by atoms with Crippen molar-refractivity contribution in [2.75, 3.05) is 72.5 Å². The first-order valence-electron chi connectivity index (χ1n) is 17.6. The predicted molar refractivity (Wildman–Crippen MR) is 188 cm³/mol. The maximum absolute atomic E-state index is 12.0. The van der Waals surface area contributed by atoms with Gasteiger partial charge in [0.2, 0.25) is 17.7 Å². The van der Waals surface area contributed by atoms with E-state index in [0.29, 0.717) is 0 Å². The number of alkyl carbamates (subject to hydrolysis) is 1. The van der Waals surface area contributed by atoms with Crippen LogP contribution in [0.2, 0.25) is 0 Å². The number of benzene rings is 1. The molecule has 1 aliphatic heterocycles. The van der Waals surface area contributed by atoms with Gasteiger partial charge in [0.05, 0.1) is 52.8 Å². The lowest BCUT2D eigenvalue weighted by molar-refractivity contribution is -0.279. The van der Waals surface area contributed by atoms with E-state index in [4.69, 9.17) is 42.6 Å². The van der Waals surface area contributed by atoms with E-state index in [2.05, 4.69) is 21.3 Å². The van der Waals surface area contributed by atoms with Gasteiger partial charge in [0.15, 0.2) is 18.5 Å². The van der Waals surface area contributed by atoms with E-state index in [9.17, 15) is 33.6 Å². The zero-order valence-corrected chi connectivity index (χ0v) is 31.5. The Morgan fingerprint density at radius 1 is 0.655 bits per heavy atom. The van der Waals surface area contributed by atoms with Crippen LogP contribution in [0.4, 0.5) is 4.79 Å². The number of amides is 4. The summed E-state index contributed by atoms with van der Waals surface area (Å²) >= 11 is 0. The van der Waals surface area contributed by atoms with Crippen molar-refractivity contribution >= 4 is 41.7 Å². The van der Waals surface area contributed by atoms with Crippen LogP contribution in [0.1, 0.15) is 39.7 Å².